The third-order valence-electron chi connectivity index (χ3n) is 10.5. The van der Waals surface area contributed by atoms with E-state index in [-0.39, 0.29) is 58.7 Å². The molecule has 0 bridgehead atoms. The zero-order valence-corrected chi connectivity index (χ0v) is 29.4. The monoisotopic (exact) mass is 687 g/mol. The molecule has 0 aliphatic heterocycles. The van der Waals surface area contributed by atoms with Crippen molar-refractivity contribution >= 4 is 72.4 Å². The molecule has 0 atom stereocenters. The second-order valence-electron chi connectivity index (χ2n) is 13.2. The standard InChI is InChI=1S/C49H36N2Si/c1-35-17-15-30-48-49(35)43-27-12-14-29-46(43)51(48)37-31-32-47-44(34-37)42-26-11-13-28-45(42)50(47)36-18-16-25-41(33-36)52(38-19-5-2-6-20-38,39-21-7-3-8-22-39)40-23-9-4-10-24-40/h2-34H,1H3/i12D,14D,15D,17D,27D,29D,30D. The Morgan fingerprint density at radius 3 is 1.67 bits per heavy atom. The summed E-state index contributed by atoms with van der Waals surface area (Å²) < 4.78 is 65.7. The van der Waals surface area contributed by atoms with Crippen LogP contribution in [0.25, 0.3) is 55.0 Å². The number of rotatable bonds is 6. The summed E-state index contributed by atoms with van der Waals surface area (Å²) in [6.45, 7) is 1.68. The average molecular weight is 688 g/mol. The number of benzene rings is 8. The highest BCUT2D eigenvalue weighted by atomic mass is 28.3. The Hall–Kier alpha value is -6.42. The Morgan fingerprint density at radius 1 is 0.404 bits per heavy atom. The van der Waals surface area contributed by atoms with Crippen LogP contribution in [-0.2, 0) is 0 Å². The molecule has 3 heteroatoms. The summed E-state index contributed by atoms with van der Waals surface area (Å²) in [5.41, 5.74) is 4.42. The molecule has 0 unspecified atom stereocenters. The van der Waals surface area contributed by atoms with Gasteiger partial charge < -0.3 is 9.13 Å². The van der Waals surface area contributed by atoms with E-state index in [1.165, 1.54) is 20.7 Å². The van der Waals surface area contributed by atoms with Crippen molar-refractivity contribution in [2.45, 2.75) is 6.92 Å². The van der Waals surface area contributed by atoms with Crippen molar-refractivity contribution in [2.24, 2.45) is 0 Å². The van der Waals surface area contributed by atoms with Crippen LogP contribution < -0.4 is 20.7 Å². The van der Waals surface area contributed by atoms with Crippen LogP contribution in [0.2, 0.25) is 0 Å². The molecule has 0 N–H and O–H groups in total. The van der Waals surface area contributed by atoms with Gasteiger partial charge in [-0.05, 0) is 81.7 Å². The minimum Gasteiger partial charge on any atom is -0.309 e. The largest absolute Gasteiger partial charge is 0.309 e. The number of aryl methyl sites for hydroxylation is 1. The summed E-state index contributed by atoms with van der Waals surface area (Å²) in [5, 5.41) is 7.62. The van der Waals surface area contributed by atoms with Gasteiger partial charge in [-0.25, -0.2) is 0 Å². The van der Waals surface area contributed by atoms with E-state index >= 15 is 0 Å². The van der Waals surface area contributed by atoms with Crippen molar-refractivity contribution in [3.05, 3.63) is 206 Å². The molecule has 0 aliphatic carbocycles. The quantitative estimate of drug-likeness (QED) is 0.122. The second kappa shape index (κ2) is 12.1. The Morgan fingerprint density at radius 2 is 0.962 bits per heavy atom. The molecular formula is C49H36N2Si. The zero-order valence-electron chi connectivity index (χ0n) is 35.4. The molecule has 10 rings (SSSR count). The van der Waals surface area contributed by atoms with Gasteiger partial charge in [0.15, 0.2) is 8.07 Å². The molecule has 0 aliphatic rings. The maximum Gasteiger partial charge on any atom is 0.179 e. The molecule has 0 fully saturated rings. The highest BCUT2D eigenvalue weighted by molar-refractivity contribution is 7.19. The van der Waals surface area contributed by atoms with Crippen molar-refractivity contribution in [1.82, 2.24) is 9.13 Å². The molecule has 0 amide bonds. The van der Waals surface area contributed by atoms with Crippen molar-refractivity contribution < 1.29 is 9.60 Å². The summed E-state index contributed by atoms with van der Waals surface area (Å²) in [4.78, 5) is 0. The highest BCUT2D eigenvalue weighted by Gasteiger charge is 2.41. The van der Waals surface area contributed by atoms with E-state index in [0.717, 1.165) is 27.5 Å². The van der Waals surface area contributed by atoms with Crippen molar-refractivity contribution in [3.8, 4) is 11.4 Å². The lowest BCUT2D eigenvalue weighted by molar-refractivity contribution is 1.17. The number of nitrogens with zero attached hydrogens (tertiary/aromatic N) is 2. The van der Waals surface area contributed by atoms with Crippen LogP contribution in [0, 0.1) is 6.92 Å². The topological polar surface area (TPSA) is 9.86 Å². The van der Waals surface area contributed by atoms with Crippen LogP contribution in [0.4, 0.5) is 0 Å². The van der Waals surface area contributed by atoms with Crippen LogP contribution in [-0.4, -0.2) is 17.2 Å². The fourth-order valence-electron chi connectivity index (χ4n) is 8.31. The first-order valence-corrected chi connectivity index (χ1v) is 19.5. The van der Waals surface area contributed by atoms with Gasteiger partial charge in [-0.2, -0.15) is 0 Å². The number of para-hydroxylation sites is 2. The lowest BCUT2D eigenvalue weighted by Gasteiger charge is -2.34. The predicted octanol–water partition coefficient (Wildman–Crippen LogP) is 9.57. The number of hydrogen-bond acceptors (Lipinski definition) is 0. The highest BCUT2D eigenvalue weighted by Crippen LogP contribution is 2.37. The number of fused-ring (bicyclic) bond motifs is 6. The molecule has 52 heavy (non-hydrogen) atoms. The minimum absolute atomic E-state index is 0.131. The van der Waals surface area contributed by atoms with E-state index in [4.69, 9.17) is 9.60 Å². The summed E-state index contributed by atoms with van der Waals surface area (Å²) >= 11 is 0. The van der Waals surface area contributed by atoms with Crippen LogP contribution in [0.1, 0.15) is 15.2 Å². The lowest BCUT2D eigenvalue weighted by atomic mass is 10.1. The van der Waals surface area contributed by atoms with Crippen molar-refractivity contribution in [3.63, 3.8) is 0 Å². The molecule has 0 radical (unpaired) electrons. The molecule has 246 valence electrons. The van der Waals surface area contributed by atoms with E-state index in [2.05, 4.69) is 132 Å². The molecule has 10 aromatic rings. The van der Waals surface area contributed by atoms with Crippen molar-refractivity contribution in [1.29, 1.82) is 0 Å². The molecule has 0 spiro atoms. The summed E-state index contributed by atoms with van der Waals surface area (Å²) in [6.07, 6.45) is 0. The van der Waals surface area contributed by atoms with E-state index in [0.29, 0.717) is 16.6 Å². The van der Waals surface area contributed by atoms with Gasteiger partial charge in [0.25, 0.3) is 0 Å². The minimum atomic E-state index is -2.84. The van der Waals surface area contributed by atoms with E-state index in [1.54, 1.807) is 11.5 Å². The number of hydrogen-bond donors (Lipinski definition) is 0. The van der Waals surface area contributed by atoms with Gasteiger partial charge in [-0.1, -0.05) is 152 Å². The maximum absolute atomic E-state index is 9.12. The molecule has 8 aromatic carbocycles. The normalized spacial score (nSPS) is 13.8. The average Bonchev–Trinajstić information content (AvgIpc) is 3.82. The van der Waals surface area contributed by atoms with Gasteiger partial charge in [-0.15, -0.1) is 0 Å². The zero-order chi connectivity index (χ0) is 40.7. The Labute approximate surface area is 314 Å². The first-order chi connectivity index (χ1) is 28.6. The Kier molecular flexibility index (Phi) is 5.57. The molecule has 0 saturated carbocycles. The van der Waals surface area contributed by atoms with Gasteiger partial charge in [0.05, 0.1) is 31.7 Å². The fraction of sp³-hybridized carbons (Fsp3) is 0.0204. The van der Waals surface area contributed by atoms with Gasteiger partial charge in [0.2, 0.25) is 0 Å². The predicted molar refractivity (Wildman–Crippen MR) is 223 cm³/mol. The fourth-order valence-corrected chi connectivity index (χ4v) is 13.1. The summed E-state index contributed by atoms with van der Waals surface area (Å²) in [7, 11) is -2.84. The summed E-state index contributed by atoms with van der Waals surface area (Å²) in [6, 6.07) is 53.8. The third kappa shape index (κ3) is 4.49. The summed E-state index contributed by atoms with van der Waals surface area (Å²) in [5.74, 6) is 0. The Bertz CT molecular complexity index is 3130. The van der Waals surface area contributed by atoms with E-state index < -0.39 is 8.07 Å². The van der Waals surface area contributed by atoms with Gasteiger partial charge in [0, 0.05) is 32.9 Å². The van der Waals surface area contributed by atoms with Gasteiger partial charge in [-0.3, -0.25) is 0 Å². The van der Waals surface area contributed by atoms with E-state index in [1.807, 2.05) is 30.3 Å². The van der Waals surface area contributed by atoms with Gasteiger partial charge in [0.1, 0.15) is 0 Å². The third-order valence-corrected chi connectivity index (χ3v) is 15.3. The van der Waals surface area contributed by atoms with E-state index in [9.17, 15) is 0 Å². The molecule has 2 aromatic heterocycles. The molecule has 0 saturated heterocycles. The maximum atomic E-state index is 9.12. The second-order valence-corrected chi connectivity index (χ2v) is 17.0. The van der Waals surface area contributed by atoms with Crippen molar-refractivity contribution in [2.75, 3.05) is 0 Å². The lowest BCUT2D eigenvalue weighted by Crippen LogP contribution is -2.74. The molecule has 2 nitrogen and oxygen atoms in total. The first kappa shape index (κ1) is 23.9. The molecular weight excluding hydrogens is 645 g/mol. The van der Waals surface area contributed by atoms with Crippen LogP contribution in [0.5, 0.6) is 0 Å². The first-order valence-electron chi connectivity index (χ1n) is 21.0. The smallest absolute Gasteiger partial charge is 0.179 e. The van der Waals surface area contributed by atoms with Gasteiger partial charge >= 0.3 is 0 Å². The Balaban J connectivity index is 1.27. The molecule has 2 heterocycles. The SMILES string of the molecule is [2H]c1c([2H])c([2H])c2c(c1[2H])c1c(C)c([2H])c([2H])c([2H])c1n2-c1ccc2c(c1)c1ccccc1n2-c1cccc([Si](c2ccccc2)(c2ccccc2)c2ccccc2)c1. The van der Waals surface area contributed by atoms with Crippen LogP contribution in [0.3, 0.4) is 0 Å². The van der Waals surface area contributed by atoms with Crippen LogP contribution >= 0.6 is 0 Å². The van der Waals surface area contributed by atoms with Crippen LogP contribution in [0.15, 0.2) is 200 Å². The number of aromatic nitrogens is 2.